The molecule has 0 aliphatic carbocycles. The van der Waals surface area contributed by atoms with E-state index < -0.39 is 6.10 Å². The van der Waals surface area contributed by atoms with Gasteiger partial charge in [0, 0.05) is 17.1 Å². The average molecular weight is 251 g/mol. The molecule has 17 heavy (non-hydrogen) atoms. The maximum absolute atomic E-state index is 13.0. The Morgan fingerprint density at radius 1 is 1.41 bits per heavy atom. The Morgan fingerprint density at radius 2 is 2.24 bits per heavy atom. The Labute approximate surface area is 104 Å². The minimum absolute atomic E-state index is 0.214. The molecule has 0 aliphatic rings. The molecule has 4 heteroatoms. The number of aryl methyl sites for hydroxylation is 1. The third-order valence-corrected chi connectivity index (χ3v) is 3.50. The zero-order chi connectivity index (χ0) is 12.3. The lowest BCUT2D eigenvalue weighted by molar-refractivity contribution is 0.195. The minimum Gasteiger partial charge on any atom is -0.386 e. The molecule has 1 heterocycles. The van der Waals surface area contributed by atoms with Crippen LogP contribution in [0.15, 0.2) is 35.7 Å². The van der Waals surface area contributed by atoms with E-state index in [4.69, 9.17) is 0 Å². The van der Waals surface area contributed by atoms with Crippen LogP contribution in [0.4, 0.5) is 10.1 Å². The van der Waals surface area contributed by atoms with Gasteiger partial charge in [0.2, 0.25) is 0 Å². The summed E-state index contributed by atoms with van der Waals surface area (Å²) in [6.07, 6.45) is -0.527. The van der Waals surface area contributed by atoms with Gasteiger partial charge in [0.25, 0.3) is 0 Å². The van der Waals surface area contributed by atoms with Crippen molar-refractivity contribution in [3.05, 3.63) is 52.0 Å². The van der Waals surface area contributed by atoms with Crippen LogP contribution in [0.5, 0.6) is 0 Å². The third-order valence-electron chi connectivity index (χ3n) is 2.53. The lowest BCUT2D eigenvalue weighted by Crippen LogP contribution is -2.11. The number of aliphatic hydroxyl groups is 1. The van der Waals surface area contributed by atoms with Crippen molar-refractivity contribution in [3.63, 3.8) is 0 Å². The molecule has 1 atom stereocenters. The molecule has 0 amide bonds. The monoisotopic (exact) mass is 251 g/mol. The van der Waals surface area contributed by atoms with Crippen molar-refractivity contribution in [3.8, 4) is 0 Å². The van der Waals surface area contributed by atoms with Crippen LogP contribution in [-0.2, 0) is 0 Å². The first kappa shape index (κ1) is 12.1. The van der Waals surface area contributed by atoms with Gasteiger partial charge in [-0.25, -0.2) is 4.39 Å². The molecule has 1 aromatic heterocycles. The van der Waals surface area contributed by atoms with E-state index >= 15 is 0 Å². The quantitative estimate of drug-likeness (QED) is 0.873. The van der Waals surface area contributed by atoms with Gasteiger partial charge in [0.05, 0.1) is 0 Å². The van der Waals surface area contributed by atoms with E-state index in [-0.39, 0.29) is 5.82 Å². The van der Waals surface area contributed by atoms with Crippen LogP contribution < -0.4 is 5.32 Å². The van der Waals surface area contributed by atoms with Crippen LogP contribution in [0.25, 0.3) is 0 Å². The highest BCUT2D eigenvalue weighted by molar-refractivity contribution is 7.10. The van der Waals surface area contributed by atoms with Gasteiger partial charge < -0.3 is 10.4 Å². The van der Waals surface area contributed by atoms with Crippen LogP contribution in [-0.4, -0.2) is 11.7 Å². The van der Waals surface area contributed by atoms with Crippen molar-refractivity contribution in [1.29, 1.82) is 0 Å². The van der Waals surface area contributed by atoms with Crippen LogP contribution >= 0.6 is 11.3 Å². The molecule has 90 valence electrons. The second-order valence-electron chi connectivity index (χ2n) is 3.88. The number of nitrogens with one attached hydrogen (secondary N) is 1. The predicted octanol–water partition coefficient (Wildman–Crippen LogP) is 3.34. The molecule has 2 N–H and O–H groups in total. The standard InChI is InChI=1S/C13H14FNOS/c1-9-7-10(4-5-11(9)14)15-8-12(16)13-3-2-6-17-13/h2-7,12,15-16H,8H2,1H3. The van der Waals surface area contributed by atoms with Gasteiger partial charge in [-0.15, -0.1) is 11.3 Å². The number of aliphatic hydroxyl groups excluding tert-OH is 1. The van der Waals surface area contributed by atoms with Crippen LogP contribution in [0, 0.1) is 12.7 Å². The van der Waals surface area contributed by atoms with Crippen molar-refractivity contribution in [2.75, 3.05) is 11.9 Å². The summed E-state index contributed by atoms with van der Waals surface area (Å²) < 4.78 is 13.0. The fraction of sp³-hybridized carbons (Fsp3) is 0.231. The molecule has 0 saturated carbocycles. The second-order valence-corrected chi connectivity index (χ2v) is 4.86. The van der Waals surface area contributed by atoms with Gasteiger partial charge in [0.15, 0.2) is 0 Å². The van der Waals surface area contributed by atoms with Gasteiger partial charge >= 0.3 is 0 Å². The van der Waals surface area contributed by atoms with Crippen molar-refractivity contribution in [2.24, 2.45) is 0 Å². The number of halogens is 1. The number of thiophene rings is 1. The minimum atomic E-state index is -0.527. The summed E-state index contributed by atoms with van der Waals surface area (Å²) in [5, 5.41) is 14.9. The number of hydrogen-bond acceptors (Lipinski definition) is 3. The fourth-order valence-corrected chi connectivity index (χ4v) is 2.26. The Balaban J connectivity index is 1.96. The molecular formula is C13H14FNOS. The summed E-state index contributed by atoms with van der Waals surface area (Å²) in [7, 11) is 0. The molecule has 2 aromatic rings. The summed E-state index contributed by atoms with van der Waals surface area (Å²) in [5.41, 5.74) is 1.42. The van der Waals surface area contributed by atoms with E-state index in [2.05, 4.69) is 5.32 Å². The molecular weight excluding hydrogens is 237 g/mol. The SMILES string of the molecule is Cc1cc(NCC(O)c2cccs2)ccc1F. The number of anilines is 1. The zero-order valence-corrected chi connectivity index (χ0v) is 10.3. The highest BCUT2D eigenvalue weighted by atomic mass is 32.1. The van der Waals surface area contributed by atoms with Gasteiger partial charge in [-0.2, -0.15) is 0 Å². The normalized spacial score (nSPS) is 12.4. The smallest absolute Gasteiger partial charge is 0.126 e. The maximum atomic E-state index is 13.0. The Hall–Kier alpha value is -1.39. The van der Waals surface area contributed by atoms with Gasteiger partial charge in [0.1, 0.15) is 11.9 Å². The summed E-state index contributed by atoms with van der Waals surface area (Å²) in [6, 6.07) is 8.63. The molecule has 0 saturated heterocycles. The summed E-state index contributed by atoms with van der Waals surface area (Å²) in [4.78, 5) is 0.927. The van der Waals surface area contributed by atoms with E-state index in [0.717, 1.165) is 10.6 Å². The first-order valence-corrected chi connectivity index (χ1v) is 6.26. The van der Waals surface area contributed by atoms with Crippen molar-refractivity contribution in [1.82, 2.24) is 0 Å². The molecule has 1 aromatic carbocycles. The lowest BCUT2D eigenvalue weighted by Gasteiger charge is -2.11. The fourth-order valence-electron chi connectivity index (χ4n) is 1.55. The van der Waals surface area contributed by atoms with Gasteiger partial charge in [-0.3, -0.25) is 0 Å². The van der Waals surface area contributed by atoms with Crippen molar-refractivity contribution >= 4 is 17.0 Å². The van der Waals surface area contributed by atoms with E-state index in [1.54, 1.807) is 19.1 Å². The number of hydrogen-bond donors (Lipinski definition) is 2. The third kappa shape index (κ3) is 3.05. The largest absolute Gasteiger partial charge is 0.386 e. The van der Waals surface area contributed by atoms with Gasteiger partial charge in [-0.05, 0) is 42.1 Å². The topological polar surface area (TPSA) is 32.3 Å². The highest BCUT2D eigenvalue weighted by Gasteiger charge is 2.08. The van der Waals surface area contributed by atoms with Crippen molar-refractivity contribution in [2.45, 2.75) is 13.0 Å². The molecule has 0 fully saturated rings. The summed E-state index contributed by atoms with van der Waals surface area (Å²) >= 11 is 1.52. The first-order valence-electron chi connectivity index (χ1n) is 5.38. The highest BCUT2D eigenvalue weighted by Crippen LogP contribution is 2.20. The Morgan fingerprint density at radius 3 is 2.88 bits per heavy atom. The van der Waals surface area contributed by atoms with E-state index in [9.17, 15) is 9.50 Å². The summed E-state index contributed by atoms with van der Waals surface area (Å²) in [6.45, 7) is 2.14. The molecule has 2 nitrogen and oxygen atoms in total. The van der Waals surface area contributed by atoms with Crippen molar-refractivity contribution < 1.29 is 9.50 Å². The molecule has 1 unspecified atom stereocenters. The average Bonchev–Trinajstić information content (AvgIpc) is 2.84. The Bertz CT molecular complexity index is 484. The zero-order valence-electron chi connectivity index (χ0n) is 9.48. The molecule has 2 rings (SSSR count). The van der Waals surface area contributed by atoms with E-state index in [1.807, 2.05) is 17.5 Å². The van der Waals surface area contributed by atoms with E-state index in [0.29, 0.717) is 12.1 Å². The van der Waals surface area contributed by atoms with Crippen LogP contribution in [0.2, 0.25) is 0 Å². The molecule has 0 aliphatic heterocycles. The lowest BCUT2D eigenvalue weighted by atomic mass is 10.2. The Kier molecular flexibility index (Phi) is 3.76. The number of rotatable bonds is 4. The second kappa shape index (κ2) is 5.29. The molecule has 0 spiro atoms. The van der Waals surface area contributed by atoms with Gasteiger partial charge in [-0.1, -0.05) is 6.07 Å². The number of benzene rings is 1. The van der Waals surface area contributed by atoms with E-state index in [1.165, 1.54) is 17.4 Å². The predicted molar refractivity (Wildman–Crippen MR) is 68.9 cm³/mol. The van der Waals surface area contributed by atoms with Crippen LogP contribution in [0.3, 0.4) is 0 Å². The molecule has 0 bridgehead atoms. The summed E-state index contributed by atoms with van der Waals surface area (Å²) in [5.74, 6) is -0.214. The first-order chi connectivity index (χ1) is 8.16. The molecule has 0 radical (unpaired) electrons. The maximum Gasteiger partial charge on any atom is 0.126 e. The van der Waals surface area contributed by atoms with Crippen LogP contribution in [0.1, 0.15) is 16.5 Å².